The Hall–Kier alpha value is -2.69. The molecule has 0 atom stereocenters. The lowest BCUT2D eigenvalue weighted by molar-refractivity contribution is 0.173. The summed E-state index contributed by atoms with van der Waals surface area (Å²) in [6.07, 6.45) is 0. The third-order valence-electron chi connectivity index (χ3n) is 4.01. The normalized spacial score (nSPS) is 12.1. The molecule has 0 saturated heterocycles. The Labute approximate surface area is 142 Å². The minimum absolute atomic E-state index is 0.0725. The van der Waals surface area contributed by atoms with Crippen LogP contribution in [0.2, 0.25) is 0 Å². The zero-order valence-corrected chi connectivity index (χ0v) is 14.0. The summed E-state index contributed by atoms with van der Waals surface area (Å²) in [6, 6.07) is 13.8. The Morgan fingerprint density at radius 3 is 2.75 bits per heavy atom. The number of hydrogen-bond donors (Lipinski definition) is 1. The summed E-state index contributed by atoms with van der Waals surface area (Å²) in [6.45, 7) is 5.97. The zero-order valence-electron chi connectivity index (χ0n) is 14.0. The Morgan fingerprint density at radius 2 is 1.96 bits per heavy atom. The third-order valence-corrected chi connectivity index (χ3v) is 4.01. The van der Waals surface area contributed by atoms with Crippen LogP contribution >= 0.6 is 0 Å². The number of fused-ring (bicyclic) bond motifs is 1. The van der Waals surface area contributed by atoms with Crippen LogP contribution in [0.4, 0.5) is 4.79 Å². The molecule has 0 aromatic heterocycles. The highest BCUT2D eigenvalue weighted by Crippen LogP contribution is 2.32. The van der Waals surface area contributed by atoms with E-state index in [1.165, 1.54) is 5.56 Å². The van der Waals surface area contributed by atoms with E-state index in [-0.39, 0.29) is 12.8 Å². The number of nitrogens with zero attached hydrogens (tertiary/aromatic N) is 1. The molecule has 1 aliphatic heterocycles. The van der Waals surface area contributed by atoms with E-state index in [0.717, 1.165) is 22.6 Å². The van der Waals surface area contributed by atoms with Gasteiger partial charge in [0, 0.05) is 19.6 Å². The van der Waals surface area contributed by atoms with Crippen molar-refractivity contribution < 1.29 is 14.3 Å². The first kappa shape index (κ1) is 16.2. The van der Waals surface area contributed by atoms with Gasteiger partial charge in [0.05, 0.1) is 0 Å². The molecule has 126 valence electrons. The Bertz CT molecular complexity index is 730. The van der Waals surface area contributed by atoms with Crippen LogP contribution in [-0.2, 0) is 13.1 Å². The summed E-state index contributed by atoms with van der Waals surface area (Å²) in [7, 11) is 0. The average molecular weight is 326 g/mol. The van der Waals surface area contributed by atoms with Gasteiger partial charge in [0.25, 0.3) is 0 Å². The number of aryl methyl sites for hydroxylation is 1. The second-order valence-electron chi connectivity index (χ2n) is 5.85. The zero-order chi connectivity index (χ0) is 16.9. The maximum atomic E-state index is 12.4. The summed E-state index contributed by atoms with van der Waals surface area (Å²) >= 11 is 0. The van der Waals surface area contributed by atoms with Gasteiger partial charge < -0.3 is 19.7 Å². The van der Waals surface area contributed by atoms with Crippen molar-refractivity contribution in [3.8, 4) is 11.5 Å². The topological polar surface area (TPSA) is 50.8 Å². The highest BCUT2D eigenvalue weighted by Gasteiger charge is 2.16. The molecule has 3 rings (SSSR count). The van der Waals surface area contributed by atoms with E-state index in [4.69, 9.17) is 9.47 Å². The van der Waals surface area contributed by atoms with Gasteiger partial charge in [-0.1, -0.05) is 35.9 Å². The lowest BCUT2D eigenvalue weighted by Gasteiger charge is -2.21. The first-order valence-corrected chi connectivity index (χ1v) is 8.12. The number of carbonyl (C=O) groups excluding carboxylic acids is 1. The molecule has 0 saturated carbocycles. The third kappa shape index (κ3) is 3.79. The molecule has 0 aliphatic carbocycles. The molecule has 0 radical (unpaired) electrons. The summed E-state index contributed by atoms with van der Waals surface area (Å²) < 4.78 is 10.7. The minimum Gasteiger partial charge on any atom is -0.454 e. The number of rotatable bonds is 5. The highest BCUT2D eigenvalue weighted by molar-refractivity contribution is 5.74. The first-order valence-electron chi connectivity index (χ1n) is 8.12. The number of carbonyl (C=O) groups is 1. The van der Waals surface area contributed by atoms with E-state index in [1.54, 1.807) is 4.90 Å². The van der Waals surface area contributed by atoms with Gasteiger partial charge in [-0.2, -0.15) is 0 Å². The van der Waals surface area contributed by atoms with Gasteiger partial charge in [-0.3, -0.25) is 0 Å². The Morgan fingerprint density at radius 1 is 1.12 bits per heavy atom. The van der Waals surface area contributed by atoms with Crippen LogP contribution in [0, 0.1) is 6.92 Å². The number of ether oxygens (including phenoxy) is 2. The van der Waals surface area contributed by atoms with Gasteiger partial charge >= 0.3 is 6.03 Å². The van der Waals surface area contributed by atoms with Crippen molar-refractivity contribution >= 4 is 6.03 Å². The molecule has 2 aromatic rings. The van der Waals surface area contributed by atoms with Gasteiger partial charge in [-0.15, -0.1) is 0 Å². The molecule has 0 unspecified atom stereocenters. The van der Waals surface area contributed by atoms with Crippen molar-refractivity contribution in [3.05, 3.63) is 59.2 Å². The van der Waals surface area contributed by atoms with Crippen LogP contribution in [-0.4, -0.2) is 24.3 Å². The van der Waals surface area contributed by atoms with E-state index in [9.17, 15) is 4.79 Å². The molecular weight excluding hydrogens is 304 g/mol. The number of nitrogens with one attached hydrogen (secondary N) is 1. The summed E-state index contributed by atoms with van der Waals surface area (Å²) in [5.74, 6) is 1.49. The molecular formula is C19H22N2O3. The maximum Gasteiger partial charge on any atom is 0.317 e. The van der Waals surface area contributed by atoms with Crippen molar-refractivity contribution in [2.24, 2.45) is 0 Å². The second-order valence-corrected chi connectivity index (χ2v) is 5.85. The number of hydrogen-bond acceptors (Lipinski definition) is 3. The van der Waals surface area contributed by atoms with Crippen LogP contribution in [0.5, 0.6) is 11.5 Å². The Balaban J connectivity index is 1.60. The molecule has 24 heavy (non-hydrogen) atoms. The van der Waals surface area contributed by atoms with Gasteiger partial charge in [0.1, 0.15) is 0 Å². The molecule has 0 spiro atoms. The van der Waals surface area contributed by atoms with Crippen molar-refractivity contribution in [1.82, 2.24) is 10.2 Å². The van der Waals surface area contributed by atoms with Crippen LogP contribution in [0.15, 0.2) is 42.5 Å². The van der Waals surface area contributed by atoms with Crippen molar-refractivity contribution in [2.75, 3.05) is 13.3 Å². The van der Waals surface area contributed by atoms with Crippen LogP contribution in [0.1, 0.15) is 23.6 Å². The largest absolute Gasteiger partial charge is 0.454 e. The molecule has 1 heterocycles. The van der Waals surface area contributed by atoms with Gasteiger partial charge in [-0.25, -0.2) is 4.79 Å². The smallest absolute Gasteiger partial charge is 0.317 e. The fraction of sp³-hybridized carbons (Fsp3) is 0.316. The molecule has 1 N–H and O–H groups in total. The van der Waals surface area contributed by atoms with Gasteiger partial charge in [0.15, 0.2) is 11.5 Å². The standard InChI is InChI=1S/C19H22N2O3/c1-3-21(12-16-7-8-17-18(10-16)24-13-23-17)19(22)20-11-15-6-4-5-14(2)9-15/h4-10H,3,11-13H2,1-2H3,(H,20,22). The average Bonchev–Trinajstić information content (AvgIpc) is 3.05. The summed E-state index contributed by atoms with van der Waals surface area (Å²) in [5, 5.41) is 2.98. The summed E-state index contributed by atoms with van der Waals surface area (Å²) in [5.41, 5.74) is 3.31. The fourth-order valence-electron chi connectivity index (χ4n) is 2.70. The Kier molecular flexibility index (Phi) is 4.89. The monoisotopic (exact) mass is 326 g/mol. The van der Waals surface area contributed by atoms with Crippen LogP contribution in [0.3, 0.4) is 0 Å². The lowest BCUT2D eigenvalue weighted by atomic mass is 10.1. The molecule has 0 bridgehead atoms. The van der Waals surface area contributed by atoms with Crippen LogP contribution < -0.4 is 14.8 Å². The van der Waals surface area contributed by atoms with E-state index in [2.05, 4.69) is 11.4 Å². The van der Waals surface area contributed by atoms with E-state index in [0.29, 0.717) is 19.6 Å². The molecule has 2 aromatic carbocycles. The van der Waals surface area contributed by atoms with E-state index >= 15 is 0 Å². The first-order chi connectivity index (χ1) is 11.7. The van der Waals surface area contributed by atoms with Crippen molar-refractivity contribution in [3.63, 3.8) is 0 Å². The number of urea groups is 1. The molecule has 1 aliphatic rings. The van der Waals surface area contributed by atoms with Crippen molar-refractivity contribution in [1.29, 1.82) is 0 Å². The fourth-order valence-corrected chi connectivity index (χ4v) is 2.70. The van der Waals surface area contributed by atoms with E-state index < -0.39 is 0 Å². The number of amides is 2. The molecule has 2 amide bonds. The SMILES string of the molecule is CCN(Cc1ccc2c(c1)OCO2)C(=O)NCc1cccc(C)c1. The predicted molar refractivity (Wildman–Crippen MR) is 92.1 cm³/mol. The van der Waals surface area contributed by atoms with Gasteiger partial charge in [-0.05, 0) is 37.1 Å². The summed E-state index contributed by atoms with van der Waals surface area (Å²) in [4.78, 5) is 14.2. The maximum absolute atomic E-state index is 12.4. The van der Waals surface area contributed by atoms with Gasteiger partial charge in [0.2, 0.25) is 6.79 Å². The lowest BCUT2D eigenvalue weighted by Crippen LogP contribution is -2.39. The molecule has 5 heteroatoms. The molecule has 5 nitrogen and oxygen atoms in total. The van der Waals surface area contributed by atoms with Crippen molar-refractivity contribution in [2.45, 2.75) is 26.9 Å². The second kappa shape index (κ2) is 7.25. The molecule has 0 fully saturated rings. The number of benzene rings is 2. The minimum atomic E-state index is -0.0725. The van der Waals surface area contributed by atoms with Crippen LogP contribution in [0.25, 0.3) is 0 Å². The predicted octanol–water partition coefficient (Wildman–Crippen LogP) is 3.46. The van der Waals surface area contributed by atoms with E-state index in [1.807, 2.05) is 50.2 Å². The quantitative estimate of drug-likeness (QED) is 0.915. The highest BCUT2D eigenvalue weighted by atomic mass is 16.7.